The largest absolute Gasteiger partial charge is 0.468 e. The van der Waals surface area contributed by atoms with Crippen LogP contribution in [0.4, 0.5) is 0 Å². The minimum absolute atomic E-state index is 0.114. The standard InChI is InChI=1S/C12H10Br2N2O3S/c1-6-3-10(18)16(12(15-6)19-2)5-8(17)7-4-9(13)20-11(7)14/h3-4H,5H2,1-2H3. The lowest BCUT2D eigenvalue weighted by Crippen LogP contribution is -2.26. The van der Waals surface area contributed by atoms with Gasteiger partial charge >= 0.3 is 0 Å². The first-order chi connectivity index (χ1) is 9.42. The summed E-state index contributed by atoms with van der Waals surface area (Å²) < 4.78 is 7.84. The molecular formula is C12H10Br2N2O3S. The number of aromatic nitrogens is 2. The monoisotopic (exact) mass is 420 g/mol. The maximum atomic E-state index is 12.3. The smallest absolute Gasteiger partial charge is 0.299 e. The van der Waals surface area contributed by atoms with Crippen molar-refractivity contribution in [1.82, 2.24) is 9.55 Å². The Kier molecular flexibility index (Phi) is 4.77. The number of halogens is 2. The number of ether oxygens (including phenoxy) is 1. The van der Waals surface area contributed by atoms with Crippen molar-refractivity contribution in [2.75, 3.05) is 7.11 Å². The lowest BCUT2D eigenvalue weighted by Gasteiger charge is -2.09. The third kappa shape index (κ3) is 3.18. The third-order valence-electron chi connectivity index (χ3n) is 2.54. The van der Waals surface area contributed by atoms with E-state index in [0.717, 1.165) is 7.57 Å². The second-order valence-electron chi connectivity index (χ2n) is 3.97. The van der Waals surface area contributed by atoms with E-state index in [1.807, 2.05) is 0 Å². The Bertz CT molecular complexity index is 724. The fourth-order valence-electron chi connectivity index (χ4n) is 1.65. The molecule has 106 valence electrons. The minimum Gasteiger partial charge on any atom is -0.468 e. The van der Waals surface area contributed by atoms with Gasteiger partial charge in [-0.3, -0.25) is 14.2 Å². The maximum absolute atomic E-state index is 12.3. The van der Waals surface area contributed by atoms with Crippen molar-refractivity contribution in [1.29, 1.82) is 0 Å². The molecule has 8 heteroatoms. The second kappa shape index (κ2) is 6.19. The van der Waals surface area contributed by atoms with E-state index in [4.69, 9.17) is 4.74 Å². The van der Waals surface area contributed by atoms with Gasteiger partial charge in [0.05, 0.1) is 21.2 Å². The highest BCUT2D eigenvalue weighted by atomic mass is 79.9. The zero-order valence-electron chi connectivity index (χ0n) is 10.6. The van der Waals surface area contributed by atoms with Crippen LogP contribution in [0.3, 0.4) is 0 Å². The highest BCUT2D eigenvalue weighted by molar-refractivity contribution is 9.12. The fourth-order valence-corrected chi connectivity index (χ4v) is 4.51. The van der Waals surface area contributed by atoms with Crippen LogP contribution in [-0.4, -0.2) is 22.4 Å². The summed E-state index contributed by atoms with van der Waals surface area (Å²) in [5.41, 5.74) is 0.763. The molecule has 0 amide bonds. The van der Waals surface area contributed by atoms with Gasteiger partial charge in [-0.05, 0) is 44.8 Å². The minimum atomic E-state index is -0.312. The summed E-state index contributed by atoms with van der Waals surface area (Å²) in [4.78, 5) is 28.3. The number of carbonyl (C=O) groups excluding carboxylic acids is 1. The van der Waals surface area contributed by atoms with E-state index >= 15 is 0 Å². The quantitative estimate of drug-likeness (QED) is 0.712. The topological polar surface area (TPSA) is 61.2 Å². The Labute approximate surface area is 135 Å². The first-order valence-corrected chi connectivity index (χ1v) is 7.93. The van der Waals surface area contributed by atoms with Crippen LogP contribution in [0.15, 0.2) is 24.5 Å². The first-order valence-electron chi connectivity index (χ1n) is 5.53. The van der Waals surface area contributed by atoms with Gasteiger partial charge in [-0.2, -0.15) is 0 Å². The average Bonchev–Trinajstić information content (AvgIpc) is 2.71. The summed E-state index contributed by atoms with van der Waals surface area (Å²) in [5.74, 6) is -0.190. The number of Topliss-reactive ketones (excluding diaryl/α,β-unsaturated/α-hetero) is 1. The molecule has 0 N–H and O–H groups in total. The summed E-state index contributed by atoms with van der Waals surface area (Å²) in [6.07, 6.45) is 0. The van der Waals surface area contributed by atoms with Crippen molar-refractivity contribution in [3.8, 4) is 6.01 Å². The molecule has 0 unspecified atom stereocenters. The van der Waals surface area contributed by atoms with E-state index < -0.39 is 0 Å². The summed E-state index contributed by atoms with van der Waals surface area (Å²) in [5, 5.41) is 0. The number of aryl methyl sites for hydroxylation is 1. The number of hydrogen-bond donors (Lipinski definition) is 0. The molecule has 0 aliphatic carbocycles. The highest BCUT2D eigenvalue weighted by Gasteiger charge is 2.17. The van der Waals surface area contributed by atoms with E-state index in [0.29, 0.717) is 11.3 Å². The van der Waals surface area contributed by atoms with Crippen LogP contribution >= 0.6 is 43.2 Å². The van der Waals surface area contributed by atoms with Crippen LogP contribution < -0.4 is 10.3 Å². The van der Waals surface area contributed by atoms with Gasteiger partial charge < -0.3 is 4.74 Å². The molecule has 2 heterocycles. The SMILES string of the molecule is COc1nc(C)cc(=O)n1CC(=O)c1cc(Br)sc1Br. The van der Waals surface area contributed by atoms with Gasteiger partial charge in [0.15, 0.2) is 5.78 Å². The van der Waals surface area contributed by atoms with Crippen LogP contribution in [0.25, 0.3) is 0 Å². The molecule has 2 aromatic heterocycles. The molecule has 0 aliphatic rings. The molecule has 0 aliphatic heterocycles. The molecule has 0 spiro atoms. The lowest BCUT2D eigenvalue weighted by molar-refractivity contribution is 0.0965. The van der Waals surface area contributed by atoms with E-state index in [1.165, 1.54) is 29.1 Å². The zero-order chi connectivity index (χ0) is 14.9. The highest BCUT2D eigenvalue weighted by Crippen LogP contribution is 2.32. The Hall–Kier alpha value is -0.990. The Morgan fingerprint density at radius 3 is 2.70 bits per heavy atom. The van der Waals surface area contributed by atoms with Gasteiger partial charge in [-0.15, -0.1) is 11.3 Å². The average molecular weight is 422 g/mol. The van der Waals surface area contributed by atoms with Gasteiger partial charge in [0.25, 0.3) is 11.6 Å². The van der Waals surface area contributed by atoms with Crippen LogP contribution in [0.1, 0.15) is 16.1 Å². The van der Waals surface area contributed by atoms with E-state index in [-0.39, 0.29) is 23.9 Å². The first kappa shape index (κ1) is 15.4. The number of ketones is 1. The molecule has 20 heavy (non-hydrogen) atoms. The zero-order valence-corrected chi connectivity index (χ0v) is 14.6. The number of thiophene rings is 1. The molecule has 0 aromatic carbocycles. The molecule has 0 saturated carbocycles. The lowest BCUT2D eigenvalue weighted by atomic mass is 10.2. The number of nitrogens with zero attached hydrogens (tertiary/aromatic N) is 2. The fraction of sp³-hybridized carbons (Fsp3) is 0.250. The van der Waals surface area contributed by atoms with E-state index in [2.05, 4.69) is 36.8 Å². The van der Waals surface area contributed by atoms with Crippen LogP contribution in [-0.2, 0) is 6.54 Å². The number of hydrogen-bond acceptors (Lipinski definition) is 5. The summed E-state index contributed by atoms with van der Waals surface area (Å²) in [6, 6.07) is 3.22. The molecule has 0 atom stereocenters. The predicted molar refractivity (Wildman–Crippen MR) is 83.8 cm³/mol. The van der Waals surface area contributed by atoms with Gasteiger partial charge in [-0.25, -0.2) is 4.98 Å². The Morgan fingerprint density at radius 2 is 2.15 bits per heavy atom. The molecule has 2 rings (SSSR count). The maximum Gasteiger partial charge on any atom is 0.299 e. The molecule has 5 nitrogen and oxygen atoms in total. The van der Waals surface area contributed by atoms with E-state index in [9.17, 15) is 9.59 Å². The van der Waals surface area contributed by atoms with Crippen molar-refractivity contribution in [2.24, 2.45) is 0 Å². The van der Waals surface area contributed by atoms with Gasteiger partial charge in [0.1, 0.15) is 0 Å². The third-order valence-corrected chi connectivity index (χ3v) is 4.88. The van der Waals surface area contributed by atoms with Gasteiger partial charge in [0.2, 0.25) is 0 Å². The molecular weight excluding hydrogens is 412 g/mol. The summed E-state index contributed by atoms with van der Waals surface area (Å²) >= 11 is 8.05. The van der Waals surface area contributed by atoms with Gasteiger partial charge in [0, 0.05) is 17.3 Å². The molecule has 0 bridgehead atoms. The van der Waals surface area contributed by atoms with Crippen molar-refractivity contribution in [2.45, 2.75) is 13.5 Å². The number of rotatable bonds is 4. The summed E-state index contributed by atoms with van der Waals surface area (Å²) in [7, 11) is 1.42. The van der Waals surface area contributed by atoms with Crippen LogP contribution in [0, 0.1) is 6.92 Å². The van der Waals surface area contributed by atoms with Crippen LogP contribution in [0.5, 0.6) is 6.01 Å². The van der Waals surface area contributed by atoms with Crippen molar-refractivity contribution in [3.63, 3.8) is 0 Å². The predicted octanol–water partition coefficient (Wildman–Crippen LogP) is 3.03. The van der Waals surface area contributed by atoms with Crippen molar-refractivity contribution in [3.05, 3.63) is 41.3 Å². The normalized spacial score (nSPS) is 10.6. The molecule has 0 fully saturated rings. The van der Waals surface area contributed by atoms with E-state index in [1.54, 1.807) is 13.0 Å². The van der Waals surface area contributed by atoms with Crippen LogP contribution in [0.2, 0.25) is 0 Å². The molecule has 0 radical (unpaired) electrons. The molecule has 0 saturated heterocycles. The summed E-state index contributed by atoms with van der Waals surface area (Å²) in [6.45, 7) is 1.58. The van der Waals surface area contributed by atoms with Crippen molar-refractivity contribution >= 4 is 49.0 Å². The molecule has 2 aromatic rings. The Morgan fingerprint density at radius 1 is 1.45 bits per heavy atom. The number of methoxy groups -OCH3 is 1. The second-order valence-corrected chi connectivity index (χ2v) is 7.72. The number of carbonyl (C=O) groups is 1. The van der Waals surface area contributed by atoms with Gasteiger partial charge in [-0.1, -0.05) is 0 Å². The van der Waals surface area contributed by atoms with Crippen molar-refractivity contribution < 1.29 is 9.53 Å². The Balaban J connectivity index is 2.37.